The Hall–Kier alpha value is -1.06. The Balaban J connectivity index is 1.51. The Morgan fingerprint density at radius 3 is 2.90 bits per heavy atom. The minimum atomic E-state index is 0.181. The van der Waals surface area contributed by atoms with E-state index in [0.717, 1.165) is 18.6 Å². The van der Waals surface area contributed by atoms with E-state index in [0.29, 0.717) is 6.61 Å². The molecule has 2 atom stereocenters. The second-order valence-corrected chi connectivity index (χ2v) is 6.81. The maximum Gasteiger partial charge on any atom is 0.119 e. The Bertz CT molecular complexity index is 466. The van der Waals surface area contributed by atoms with Crippen LogP contribution in [-0.2, 0) is 11.2 Å². The molecule has 0 radical (unpaired) electrons. The van der Waals surface area contributed by atoms with E-state index >= 15 is 0 Å². The van der Waals surface area contributed by atoms with Crippen LogP contribution in [0.2, 0.25) is 0 Å². The van der Waals surface area contributed by atoms with E-state index in [-0.39, 0.29) is 17.7 Å². The highest BCUT2D eigenvalue weighted by atomic mass is 16.6. The monoisotopic (exact) mass is 289 g/mol. The van der Waals surface area contributed by atoms with Crippen LogP contribution >= 0.6 is 0 Å². The second-order valence-electron chi connectivity index (χ2n) is 6.81. The van der Waals surface area contributed by atoms with Gasteiger partial charge in [-0.2, -0.15) is 0 Å². The van der Waals surface area contributed by atoms with Crippen molar-refractivity contribution in [3.8, 4) is 5.75 Å². The van der Waals surface area contributed by atoms with Crippen molar-refractivity contribution in [3.63, 3.8) is 0 Å². The van der Waals surface area contributed by atoms with Gasteiger partial charge in [0.15, 0.2) is 0 Å². The van der Waals surface area contributed by atoms with Crippen LogP contribution in [0.1, 0.15) is 51.0 Å². The first kappa shape index (κ1) is 14.9. The molecule has 0 amide bonds. The molecule has 1 aromatic rings. The Morgan fingerprint density at radius 2 is 2.14 bits per heavy atom. The van der Waals surface area contributed by atoms with Crippen molar-refractivity contribution in [1.82, 2.24) is 0 Å². The third-order valence-electron chi connectivity index (χ3n) is 4.75. The molecule has 1 aliphatic heterocycles. The first-order chi connectivity index (χ1) is 10.2. The highest BCUT2D eigenvalue weighted by Gasteiger charge is 2.42. The Kier molecular flexibility index (Phi) is 4.51. The summed E-state index contributed by atoms with van der Waals surface area (Å²) in [5.41, 5.74) is 7.29. The molecule has 3 rings (SSSR count). The molecule has 1 saturated heterocycles. The van der Waals surface area contributed by atoms with Crippen LogP contribution in [0.3, 0.4) is 0 Å². The van der Waals surface area contributed by atoms with Crippen LogP contribution in [0.15, 0.2) is 24.3 Å². The fourth-order valence-electron chi connectivity index (χ4n) is 3.72. The molecular formula is C18H27NO2. The number of benzene rings is 1. The Labute approximate surface area is 127 Å². The van der Waals surface area contributed by atoms with Crippen molar-refractivity contribution in [2.45, 2.75) is 69.6 Å². The zero-order valence-electron chi connectivity index (χ0n) is 13.0. The van der Waals surface area contributed by atoms with Crippen LogP contribution < -0.4 is 10.5 Å². The molecule has 3 nitrogen and oxygen atoms in total. The predicted octanol–water partition coefficient (Wildman–Crippen LogP) is 3.45. The van der Waals surface area contributed by atoms with Gasteiger partial charge in [0.2, 0.25) is 0 Å². The van der Waals surface area contributed by atoms with E-state index in [4.69, 9.17) is 15.2 Å². The van der Waals surface area contributed by atoms with Gasteiger partial charge >= 0.3 is 0 Å². The highest BCUT2D eigenvalue weighted by Crippen LogP contribution is 2.43. The fraction of sp³-hybridized carbons (Fsp3) is 0.667. The lowest BCUT2D eigenvalue weighted by Gasteiger charge is -2.23. The first-order valence-electron chi connectivity index (χ1n) is 8.30. The molecule has 2 fully saturated rings. The molecule has 2 N–H and O–H groups in total. The van der Waals surface area contributed by atoms with Gasteiger partial charge in [-0.15, -0.1) is 0 Å². The molecule has 1 aromatic carbocycles. The van der Waals surface area contributed by atoms with Crippen LogP contribution in [0, 0.1) is 0 Å². The molecule has 116 valence electrons. The van der Waals surface area contributed by atoms with E-state index in [2.05, 4.69) is 12.1 Å². The van der Waals surface area contributed by atoms with Crippen LogP contribution in [0.4, 0.5) is 0 Å². The molecular weight excluding hydrogens is 262 g/mol. The summed E-state index contributed by atoms with van der Waals surface area (Å²) in [7, 11) is 0. The third kappa shape index (κ3) is 3.78. The molecule has 21 heavy (non-hydrogen) atoms. The maximum atomic E-state index is 6.28. The number of hydrogen-bond acceptors (Lipinski definition) is 3. The zero-order chi connectivity index (χ0) is 14.7. The second kappa shape index (κ2) is 6.37. The first-order valence-corrected chi connectivity index (χ1v) is 8.30. The van der Waals surface area contributed by atoms with Crippen molar-refractivity contribution < 1.29 is 9.47 Å². The van der Waals surface area contributed by atoms with Crippen molar-refractivity contribution in [1.29, 1.82) is 0 Å². The molecule has 1 aliphatic carbocycles. The molecule has 0 bridgehead atoms. The third-order valence-corrected chi connectivity index (χ3v) is 4.75. The van der Waals surface area contributed by atoms with Gasteiger partial charge in [0.05, 0.1) is 11.7 Å². The van der Waals surface area contributed by atoms with Crippen molar-refractivity contribution in [2.24, 2.45) is 5.73 Å². The molecule has 1 saturated carbocycles. The Morgan fingerprint density at radius 1 is 1.33 bits per heavy atom. The summed E-state index contributed by atoms with van der Waals surface area (Å²) in [6, 6.07) is 8.45. The number of rotatable bonds is 5. The molecule has 3 heteroatoms. The molecule has 2 unspecified atom stereocenters. The van der Waals surface area contributed by atoms with E-state index in [1.807, 2.05) is 19.1 Å². The average molecular weight is 289 g/mol. The van der Waals surface area contributed by atoms with E-state index < -0.39 is 0 Å². The maximum absolute atomic E-state index is 6.28. The van der Waals surface area contributed by atoms with E-state index in [1.165, 1.54) is 37.7 Å². The minimum absolute atomic E-state index is 0.181. The van der Waals surface area contributed by atoms with Gasteiger partial charge in [-0.25, -0.2) is 0 Å². The average Bonchev–Trinajstić information content (AvgIpc) is 3.07. The van der Waals surface area contributed by atoms with Gasteiger partial charge in [-0.1, -0.05) is 25.0 Å². The van der Waals surface area contributed by atoms with Crippen molar-refractivity contribution >= 4 is 0 Å². The summed E-state index contributed by atoms with van der Waals surface area (Å²) in [6.07, 6.45) is 8.65. The number of hydrogen-bond donors (Lipinski definition) is 1. The summed E-state index contributed by atoms with van der Waals surface area (Å²) in [5, 5.41) is 0. The number of nitrogens with two attached hydrogens (primary N) is 1. The van der Waals surface area contributed by atoms with Crippen LogP contribution in [0.25, 0.3) is 0 Å². The molecule has 1 heterocycles. The van der Waals surface area contributed by atoms with Gasteiger partial charge < -0.3 is 15.2 Å². The van der Waals surface area contributed by atoms with Crippen LogP contribution in [0.5, 0.6) is 5.75 Å². The van der Waals surface area contributed by atoms with Gasteiger partial charge in [-0.05, 0) is 56.7 Å². The largest absolute Gasteiger partial charge is 0.491 e. The lowest BCUT2D eigenvalue weighted by molar-refractivity contribution is -0.0508. The van der Waals surface area contributed by atoms with Crippen LogP contribution in [-0.4, -0.2) is 24.4 Å². The lowest BCUT2D eigenvalue weighted by atomic mass is 9.98. The van der Waals surface area contributed by atoms with Gasteiger partial charge in [0, 0.05) is 6.04 Å². The molecule has 2 aliphatic rings. The summed E-state index contributed by atoms with van der Waals surface area (Å²) in [5.74, 6) is 0.934. The van der Waals surface area contributed by atoms with Gasteiger partial charge in [0.1, 0.15) is 12.4 Å². The summed E-state index contributed by atoms with van der Waals surface area (Å²) < 4.78 is 12.2. The summed E-state index contributed by atoms with van der Waals surface area (Å²) >= 11 is 0. The SMILES string of the molecule is CC(N)Cc1cccc(OCC2CCC3(CCCC3)O2)c1. The van der Waals surface area contributed by atoms with Crippen molar-refractivity contribution in [2.75, 3.05) is 6.61 Å². The number of ether oxygens (including phenoxy) is 2. The normalized spacial score (nSPS) is 25.3. The predicted molar refractivity (Wildman–Crippen MR) is 84.6 cm³/mol. The summed E-state index contributed by atoms with van der Waals surface area (Å²) in [6.45, 7) is 2.70. The van der Waals surface area contributed by atoms with Gasteiger partial charge in [0.25, 0.3) is 0 Å². The standard InChI is InChI=1S/C18H27NO2/c1-14(19)11-15-5-4-6-16(12-15)20-13-17-7-10-18(21-17)8-2-3-9-18/h4-6,12,14,17H,2-3,7-11,13,19H2,1H3. The smallest absolute Gasteiger partial charge is 0.119 e. The fourth-order valence-corrected chi connectivity index (χ4v) is 3.72. The van der Waals surface area contributed by atoms with Crippen molar-refractivity contribution in [3.05, 3.63) is 29.8 Å². The molecule has 1 spiro atoms. The lowest BCUT2D eigenvalue weighted by Crippen LogP contribution is -2.27. The topological polar surface area (TPSA) is 44.5 Å². The molecule has 0 aromatic heterocycles. The van der Waals surface area contributed by atoms with E-state index in [1.54, 1.807) is 0 Å². The zero-order valence-corrected chi connectivity index (χ0v) is 13.0. The van der Waals surface area contributed by atoms with Gasteiger partial charge in [-0.3, -0.25) is 0 Å². The van der Waals surface area contributed by atoms with E-state index in [9.17, 15) is 0 Å². The highest BCUT2D eigenvalue weighted by molar-refractivity contribution is 5.29. The minimum Gasteiger partial charge on any atom is -0.491 e. The summed E-state index contributed by atoms with van der Waals surface area (Å²) in [4.78, 5) is 0. The quantitative estimate of drug-likeness (QED) is 0.903.